The van der Waals surface area contributed by atoms with Crippen LogP contribution in [-0.2, 0) is 4.74 Å². The highest BCUT2D eigenvalue weighted by molar-refractivity contribution is 5.67. The van der Waals surface area contributed by atoms with Gasteiger partial charge < -0.3 is 15.4 Å². The first-order valence-electron chi connectivity index (χ1n) is 8.96. The minimum Gasteiger partial charge on any atom is -0.444 e. The number of hydrogen-bond donors (Lipinski definition) is 2. The first-order chi connectivity index (χ1) is 10.3. The highest BCUT2D eigenvalue weighted by Crippen LogP contribution is 2.29. The lowest BCUT2D eigenvalue weighted by Gasteiger charge is -2.31. The second kappa shape index (κ2) is 9.39. The molecule has 1 aliphatic rings. The third-order valence-electron chi connectivity index (χ3n) is 4.04. The lowest BCUT2D eigenvalue weighted by Crippen LogP contribution is -2.37. The maximum Gasteiger partial charge on any atom is 0.407 e. The molecule has 1 saturated carbocycles. The number of carbonyl (C=O) groups is 1. The molecule has 2 N–H and O–H groups in total. The molecule has 1 amide bonds. The van der Waals surface area contributed by atoms with Gasteiger partial charge in [-0.3, -0.25) is 0 Å². The fourth-order valence-electron chi connectivity index (χ4n) is 3.26. The maximum absolute atomic E-state index is 11.5. The fourth-order valence-corrected chi connectivity index (χ4v) is 3.26. The Kier molecular flexibility index (Phi) is 8.23. The van der Waals surface area contributed by atoms with E-state index in [-0.39, 0.29) is 6.09 Å². The lowest BCUT2D eigenvalue weighted by atomic mass is 9.81. The normalized spacial score (nSPS) is 22.6. The molecular formula is C18H36N2O2. The van der Waals surface area contributed by atoms with Crippen LogP contribution < -0.4 is 10.6 Å². The number of hydrogen-bond acceptors (Lipinski definition) is 3. The molecule has 0 aromatic heterocycles. The molecule has 22 heavy (non-hydrogen) atoms. The van der Waals surface area contributed by atoms with Crippen molar-refractivity contribution in [1.29, 1.82) is 0 Å². The van der Waals surface area contributed by atoms with E-state index in [1.54, 1.807) is 0 Å². The molecule has 0 spiro atoms. The van der Waals surface area contributed by atoms with Crippen molar-refractivity contribution < 1.29 is 9.53 Å². The number of rotatable bonds is 7. The molecule has 0 aliphatic heterocycles. The zero-order valence-corrected chi connectivity index (χ0v) is 15.2. The van der Waals surface area contributed by atoms with E-state index >= 15 is 0 Å². The van der Waals surface area contributed by atoms with E-state index in [1.165, 1.54) is 32.1 Å². The van der Waals surface area contributed by atoms with Crippen LogP contribution in [0.25, 0.3) is 0 Å². The summed E-state index contributed by atoms with van der Waals surface area (Å²) in [5.41, 5.74) is -0.421. The van der Waals surface area contributed by atoms with Crippen molar-refractivity contribution in [2.45, 2.75) is 84.8 Å². The van der Waals surface area contributed by atoms with Gasteiger partial charge in [0, 0.05) is 12.6 Å². The average molecular weight is 312 g/mol. The Balaban J connectivity index is 2.08. The summed E-state index contributed by atoms with van der Waals surface area (Å²) in [7, 11) is 0. The van der Waals surface area contributed by atoms with Crippen LogP contribution in [0.3, 0.4) is 0 Å². The van der Waals surface area contributed by atoms with E-state index in [0.29, 0.717) is 12.6 Å². The van der Waals surface area contributed by atoms with Crippen molar-refractivity contribution in [3.05, 3.63) is 0 Å². The van der Waals surface area contributed by atoms with Crippen LogP contribution in [0, 0.1) is 11.8 Å². The topological polar surface area (TPSA) is 50.4 Å². The molecule has 1 fully saturated rings. The van der Waals surface area contributed by atoms with Gasteiger partial charge in [-0.25, -0.2) is 4.79 Å². The van der Waals surface area contributed by atoms with Crippen LogP contribution in [0.2, 0.25) is 0 Å². The van der Waals surface area contributed by atoms with Crippen molar-refractivity contribution >= 4 is 6.09 Å². The van der Waals surface area contributed by atoms with E-state index in [2.05, 4.69) is 24.5 Å². The highest BCUT2D eigenvalue weighted by atomic mass is 16.6. The summed E-state index contributed by atoms with van der Waals surface area (Å²) in [4.78, 5) is 11.5. The van der Waals surface area contributed by atoms with Crippen molar-refractivity contribution in [2.24, 2.45) is 11.8 Å². The molecule has 0 saturated heterocycles. The molecule has 0 heterocycles. The van der Waals surface area contributed by atoms with Crippen LogP contribution in [0.15, 0.2) is 0 Å². The minimum atomic E-state index is -0.421. The molecule has 2 atom stereocenters. The number of nitrogens with one attached hydrogen (secondary N) is 2. The zero-order chi connectivity index (χ0) is 16.6. The van der Waals surface area contributed by atoms with Gasteiger partial charge in [-0.2, -0.15) is 0 Å². The predicted molar refractivity (Wildman–Crippen MR) is 92.1 cm³/mol. The Hall–Kier alpha value is -0.770. The molecule has 1 rings (SSSR count). The van der Waals surface area contributed by atoms with Gasteiger partial charge in [0.1, 0.15) is 5.60 Å². The van der Waals surface area contributed by atoms with Crippen LogP contribution in [0.5, 0.6) is 0 Å². The summed E-state index contributed by atoms with van der Waals surface area (Å²) < 4.78 is 5.21. The third-order valence-corrected chi connectivity index (χ3v) is 4.04. The minimum absolute atomic E-state index is 0.317. The van der Waals surface area contributed by atoms with Crippen LogP contribution >= 0.6 is 0 Å². The second-order valence-electron chi connectivity index (χ2n) is 8.10. The van der Waals surface area contributed by atoms with E-state index in [1.807, 2.05) is 20.8 Å². The van der Waals surface area contributed by atoms with E-state index in [4.69, 9.17) is 4.74 Å². The number of ether oxygens (including phenoxy) is 1. The largest absolute Gasteiger partial charge is 0.444 e. The zero-order valence-electron chi connectivity index (χ0n) is 15.2. The van der Waals surface area contributed by atoms with Crippen molar-refractivity contribution in [1.82, 2.24) is 10.6 Å². The smallest absolute Gasteiger partial charge is 0.407 e. The van der Waals surface area contributed by atoms with Gasteiger partial charge in [0.15, 0.2) is 0 Å². The van der Waals surface area contributed by atoms with Gasteiger partial charge in [0.25, 0.3) is 0 Å². The van der Waals surface area contributed by atoms with Gasteiger partial charge in [-0.15, -0.1) is 0 Å². The lowest BCUT2D eigenvalue weighted by molar-refractivity contribution is 0.0527. The fraction of sp³-hybridized carbons (Fsp3) is 0.944. The third kappa shape index (κ3) is 9.29. The Bertz CT molecular complexity index is 324. The quantitative estimate of drug-likeness (QED) is 0.696. The van der Waals surface area contributed by atoms with Crippen LogP contribution in [0.1, 0.15) is 73.1 Å². The number of amides is 1. The molecule has 130 valence electrons. The molecule has 0 aromatic rings. The summed E-state index contributed by atoms with van der Waals surface area (Å²) in [6, 6.07) is 0.666. The van der Waals surface area contributed by atoms with Gasteiger partial charge in [0.05, 0.1) is 0 Å². The molecule has 1 aliphatic carbocycles. The molecule has 2 unspecified atom stereocenters. The Labute approximate surface area is 136 Å². The summed E-state index contributed by atoms with van der Waals surface area (Å²) in [5.74, 6) is 1.70. The van der Waals surface area contributed by atoms with Crippen LogP contribution in [0.4, 0.5) is 4.79 Å². The van der Waals surface area contributed by atoms with Crippen molar-refractivity contribution in [3.63, 3.8) is 0 Å². The van der Waals surface area contributed by atoms with Gasteiger partial charge in [-0.1, -0.05) is 26.7 Å². The summed E-state index contributed by atoms with van der Waals surface area (Å²) in [6.45, 7) is 11.9. The van der Waals surface area contributed by atoms with Crippen molar-refractivity contribution in [3.8, 4) is 0 Å². The van der Waals surface area contributed by atoms with Crippen molar-refractivity contribution in [2.75, 3.05) is 13.1 Å². The predicted octanol–water partition coefficient (Wildman–Crippen LogP) is 4.10. The molecule has 4 heteroatoms. The molecule has 0 bridgehead atoms. The summed E-state index contributed by atoms with van der Waals surface area (Å²) in [6.07, 6.45) is 7.36. The van der Waals surface area contributed by atoms with E-state index in [0.717, 1.165) is 24.8 Å². The number of alkyl carbamates (subject to hydrolysis) is 1. The Morgan fingerprint density at radius 2 is 1.95 bits per heavy atom. The first kappa shape index (κ1) is 19.3. The van der Waals surface area contributed by atoms with E-state index < -0.39 is 5.60 Å². The average Bonchev–Trinajstić information content (AvgIpc) is 2.35. The Morgan fingerprint density at radius 3 is 2.59 bits per heavy atom. The maximum atomic E-state index is 11.5. The molecule has 0 aromatic carbocycles. The van der Waals surface area contributed by atoms with E-state index in [9.17, 15) is 4.79 Å². The first-order valence-corrected chi connectivity index (χ1v) is 8.96. The SMILES string of the molecule is CC(C)CC1CCCC(NCCCNC(=O)OC(C)(C)C)C1. The molecular weight excluding hydrogens is 276 g/mol. The standard InChI is InChI=1S/C18H36N2O2/c1-14(2)12-15-8-6-9-16(13-15)19-10-7-11-20-17(21)22-18(3,4)5/h14-16,19H,6-13H2,1-5H3,(H,20,21). The number of carbonyl (C=O) groups excluding carboxylic acids is 1. The van der Waals surface area contributed by atoms with Gasteiger partial charge in [-0.05, 0) is 64.8 Å². The van der Waals surface area contributed by atoms with Gasteiger partial charge >= 0.3 is 6.09 Å². The highest BCUT2D eigenvalue weighted by Gasteiger charge is 2.22. The Morgan fingerprint density at radius 1 is 1.23 bits per heavy atom. The molecule has 4 nitrogen and oxygen atoms in total. The molecule has 0 radical (unpaired) electrons. The second-order valence-corrected chi connectivity index (χ2v) is 8.10. The van der Waals surface area contributed by atoms with Crippen LogP contribution in [-0.4, -0.2) is 30.8 Å². The van der Waals surface area contributed by atoms with Gasteiger partial charge in [0.2, 0.25) is 0 Å². The monoisotopic (exact) mass is 312 g/mol. The summed E-state index contributed by atoms with van der Waals surface area (Å²) in [5, 5.41) is 6.47. The summed E-state index contributed by atoms with van der Waals surface area (Å²) >= 11 is 0.